The van der Waals surface area contributed by atoms with Gasteiger partial charge in [-0.1, -0.05) is 237 Å². The Morgan fingerprint density at radius 2 is 0.553 bits per heavy atom. The highest BCUT2D eigenvalue weighted by molar-refractivity contribution is 6.14. The molecule has 0 amide bonds. The zero-order chi connectivity index (χ0) is 50.0. The van der Waals surface area contributed by atoms with E-state index in [0.29, 0.717) is 0 Å². The van der Waals surface area contributed by atoms with Crippen molar-refractivity contribution in [3.05, 3.63) is 336 Å². The van der Waals surface area contributed by atoms with Gasteiger partial charge in [0.25, 0.3) is 0 Å². The van der Waals surface area contributed by atoms with Crippen LogP contribution in [0.4, 0.5) is 0 Å². The molecule has 16 rings (SSSR count). The molecule has 0 atom stereocenters. The van der Waals surface area contributed by atoms with E-state index in [1.807, 2.05) is 0 Å². The van der Waals surface area contributed by atoms with Crippen molar-refractivity contribution < 1.29 is 0 Å². The van der Waals surface area contributed by atoms with E-state index in [1.165, 1.54) is 116 Å². The molecule has 0 spiro atoms. The van der Waals surface area contributed by atoms with Gasteiger partial charge in [0.1, 0.15) is 0 Å². The van der Waals surface area contributed by atoms with E-state index < -0.39 is 10.8 Å². The molecule has 0 unspecified atom stereocenters. The molecule has 2 aliphatic carbocycles. The molecule has 2 heteroatoms. The van der Waals surface area contributed by atoms with Crippen LogP contribution in [0.1, 0.15) is 44.5 Å². The van der Waals surface area contributed by atoms with Crippen LogP contribution in [0, 0.1) is 0 Å². The van der Waals surface area contributed by atoms with E-state index >= 15 is 0 Å². The maximum atomic E-state index is 2.53. The maximum Gasteiger partial charge on any atom is 0.0713 e. The van der Waals surface area contributed by atoms with Crippen molar-refractivity contribution in [3.8, 4) is 44.8 Å². The van der Waals surface area contributed by atoms with Crippen LogP contribution in [-0.2, 0) is 10.8 Å². The van der Waals surface area contributed by atoms with Gasteiger partial charge in [-0.3, -0.25) is 0 Å². The molecule has 12 aromatic carbocycles. The summed E-state index contributed by atoms with van der Waals surface area (Å²) in [7, 11) is 0. The van der Waals surface area contributed by atoms with Gasteiger partial charge in [-0.15, -0.1) is 0 Å². The van der Waals surface area contributed by atoms with Gasteiger partial charge in [0, 0.05) is 32.9 Å². The zero-order valence-electron chi connectivity index (χ0n) is 41.6. The first-order valence-corrected chi connectivity index (χ1v) is 26.5. The van der Waals surface area contributed by atoms with Crippen LogP contribution >= 0.6 is 0 Å². The lowest BCUT2D eigenvalue weighted by Gasteiger charge is -2.34. The Labute approximate surface area is 441 Å². The molecule has 0 aliphatic heterocycles. The van der Waals surface area contributed by atoms with Gasteiger partial charge in [-0.25, -0.2) is 0 Å². The van der Waals surface area contributed by atoms with E-state index in [9.17, 15) is 0 Å². The van der Waals surface area contributed by atoms with E-state index in [2.05, 4.69) is 300 Å². The SMILES string of the molecule is c1ccc(-c2cc(-n3c4ccccc4c4cc5c(cc43)-c3ccccc3C5(c3ccccc3)c3ccccc3)cc(-n3c4ccccc4c4cc5c(cc43)-c3ccccc3C5(c3ccccc3)c3ccccc3)c2)cc1. The minimum atomic E-state index is -0.509. The highest BCUT2D eigenvalue weighted by Gasteiger charge is 2.48. The van der Waals surface area contributed by atoms with Crippen LogP contribution in [0.15, 0.2) is 291 Å². The largest absolute Gasteiger partial charge is 0.309 e. The molecule has 0 bridgehead atoms. The molecule has 2 aromatic heterocycles. The molecule has 0 radical (unpaired) electrons. The Morgan fingerprint density at radius 1 is 0.211 bits per heavy atom. The second-order valence-electron chi connectivity index (χ2n) is 20.7. The maximum absolute atomic E-state index is 2.53. The Bertz CT molecular complexity index is 4250. The summed E-state index contributed by atoms with van der Waals surface area (Å²) in [6.07, 6.45) is 0. The van der Waals surface area contributed by atoms with Gasteiger partial charge in [-0.2, -0.15) is 0 Å². The highest BCUT2D eigenvalue weighted by atomic mass is 15.0. The lowest BCUT2D eigenvalue weighted by atomic mass is 9.67. The number of fused-ring (bicyclic) bond motifs is 12. The van der Waals surface area contributed by atoms with E-state index in [0.717, 1.165) is 16.9 Å². The molecule has 2 heterocycles. The van der Waals surface area contributed by atoms with Crippen LogP contribution in [0.2, 0.25) is 0 Å². The second-order valence-corrected chi connectivity index (χ2v) is 20.7. The summed E-state index contributed by atoms with van der Waals surface area (Å²) in [4.78, 5) is 0. The Kier molecular flexibility index (Phi) is 9.20. The third-order valence-electron chi connectivity index (χ3n) is 17.0. The van der Waals surface area contributed by atoms with Crippen molar-refractivity contribution in [2.24, 2.45) is 0 Å². The molecule has 0 saturated heterocycles. The van der Waals surface area contributed by atoms with Crippen molar-refractivity contribution in [2.45, 2.75) is 10.8 Å². The first kappa shape index (κ1) is 42.7. The minimum Gasteiger partial charge on any atom is -0.309 e. The van der Waals surface area contributed by atoms with Gasteiger partial charge in [0.2, 0.25) is 0 Å². The Morgan fingerprint density at radius 3 is 0.961 bits per heavy atom. The fourth-order valence-corrected chi connectivity index (χ4v) is 14.0. The van der Waals surface area contributed by atoms with Gasteiger partial charge in [0.15, 0.2) is 0 Å². The van der Waals surface area contributed by atoms with E-state index in [-0.39, 0.29) is 0 Å². The van der Waals surface area contributed by atoms with Crippen LogP contribution < -0.4 is 0 Å². The van der Waals surface area contributed by atoms with E-state index in [4.69, 9.17) is 0 Å². The van der Waals surface area contributed by atoms with Crippen molar-refractivity contribution in [3.63, 3.8) is 0 Å². The van der Waals surface area contributed by atoms with Crippen molar-refractivity contribution in [1.29, 1.82) is 0 Å². The number of rotatable bonds is 7. The fraction of sp³-hybridized carbons (Fsp3) is 0.0270. The topological polar surface area (TPSA) is 9.86 Å². The lowest BCUT2D eigenvalue weighted by molar-refractivity contribution is 0.769. The lowest BCUT2D eigenvalue weighted by Crippen LogP contribution is -2.28. The number of hydrogen-bond donors (Lipinski definition) is 0. The summed E-state index contributed by atoms with van der Waals surface area (Å²) in [5, 5.41) is 4.92. The van der Waals surface area contributed by atoms with Gasteiger partial charge in [0.05, 0.1) is 32.9 Å². The minimum absolute atomic E-state index is 0.509. The fourth-order valence-electron chi connectivity index (χ4n) is 14.0. The number of aromatic nitrogens is 2. The molecule has 0 saturated carbocycles. The summed E-state index contributed by atoms with van der Waals surface area (Å²) in [6, 6.07) is 109. The van der Waals surface area contributed by atoms with Crippen LogP contribution in [0.25, 0.3) is 88.4 Å². The van der Waals surface area contributed by atoms with Crippen molar-refractivity contribution in [2.75, 3.05) is 0 Å². The van der Waals surface area contributed by atoms with Gasteiger partial charge in [-0.05, 0) is 132 Å². The first-order chi connectivity index (χ1) is 37.7. The summed E-state index contributed by atoms with van der Waals surface area (Å²) in [6.45, 7) is 0. The molecule has 2 nitrogen and oxygen atoms in total. The molecule has 0 fully saturated rings. The summed E-state index contributed by atoms with van der Waals surface area (Å²) < 4.78 is 5.06. The third kappa shape index (κ3) is 5.81. The van der Waals surface area contributed by atoms with Gasteiger partial charge < -0.3 is 9.13 Å². The average Bonchev–Trinajstić information content (AvgIpc) is 4.39. The molecule has 2 aliphatic rings. The summed E-state index contributed by atoms with van der Waals surface area (Å²) >= 11 is 0. The van der Waals surface area contributed by atoms with Gasteiger partial charge >= 0.3 is 0 Å². The summed E-state index contributed by atoms with van der Waals surface area (Å²) in [5.41, 5.74) is 23.6. The predicted molar refractivity (Wildman–Crippen MR) is 315 cm³/mol. The van der Waals surface area contributed by atoms with E-state index in [1.54, 1.807) is 0 Å². The molecule has 76 heavy (non-hydrogen) atoms. The predicted octanol–water partition coefficient (Wildman–Crippen LogP) is 18.3. The number of benzene rings is 12. The van der Waals surface area contributed by atoms with Crippen molar-refractivity contribution in [1.82, 2.24) is 9.13 Å². The van der Waals surface area contributed by atoms with Crippen LogP contribution in [0.5, 0.6) is 0 Å². The van der Waals surface area contributed by atoms with Crippen molar-refractivity contribution >= 4 is 43.6 Å². The monoisotopic (exact) mass is 964 g/mol. The highest BCUT2D eigenvalue weighted by Crippen LogP contribution is 2.59. The smallest absolute Gasteiger partial charge is 0.0713 e. The normalized spacial score (nSPS) is 13.7. The molecule has 0 N–H and O–H groups in total. The molecular formula is C74H48N2. The average molecular weight is 965 g/mol. The molecule has 14 aromatic rings. The molecular weight excluding hydrogens is 917 g/mol. The molecule has 354 valence electrons. The Balaban J connectivity index is 0.988. The van der Waals surface area contributed by atoms with Crippen LogP contribution in [-0.4, -0.2) is 9.13 Å². The number of nitrogens with zero attached hydrogens (tertiary/aromatic N) is 2. The zero-order valence-corrected chi connectivity index (χ0v) is 41.6. The Hall–Kier alpha value is -9.76. The second kappa shape index (κ2) is 16.4. The first-order valence-electron chi connectivity index (χ1n) is 26.5. The number of para-hydroxylation sites is 2. The quantitative estimate of drug-likeness (QED) is 0.151. The number of hydrogen-bond acceptors (Lipinski definition) is 0. The van der Waals surface area contributed by atoms with Crippen LogP contribution in [0.3, 0.4) is 0 Å². The third-order valence-corrected chi connectivity index (χ3v) is 17.0. The summed E-state index contributed by atoms with van der Waals surface area (Å²) in [5.74, 6) is 0. The standard InChI is InChI=1S/C74H48N2/c1-6-24-49(25-7-1)50-42-55(75-69-40-22-18-36-59(69)63-45-67-61(47-71(63)75)57-34-16-20-38-65(57)73(67,51-26-8-2-9-27-51)52-28-10-3-11-29-52)44-56(43-50)76-70-41-23-19-37-60(70)64-46-68-62(48-72(64)76)58-35-17-21-39-66(58)74(68,53-30-12-4-13-31-53)54-32-14-5-15-33-54/h1-48H.